The number of hydrogen-bond donors (Lipinski definition) is 3. The SMILES string of the molecule is I.O=C(O)c1ccccc1C=NNC1=NCCCCN1. The third-order valence-electron chi connectivity index (χ3n) is 2.71. The number of aromatic carboxylic acids is 1. The van der Waals surface area contributed by atoms with Crippen molar-refractivity contribution >= 4 is 42.1 Å². The molecule has 108 valence electrons. The maximum atomic E-state index is 11.0. The summed E-state index contributed by atoms with van der Waals surface area (Å²) in [5, 5.41) is 16.2. The molecule has 1 aromatic rings. The molecule has 1 aromatic carbocycles. The van der Waals surface area contributed by atoms with Gasteiger partial charge in [-0.3, -0.25) is 4.99 Å². The van der Waals surface area contributed by atoms with Gasteiger partial charge in [0.25, 0.3) is 0 Å². The average molecular weight is 388 g/mol. The highest BCUT2D eigenvalue weighted by Crippen LogP contribution is 2.05. The van der Waals surface area contributed by atoms with Crippen molar-refractivity contribution in [1.29, 1.82) is 0 Å². The molecule has 0 unspecified atom stereocenters. The fourth-order valence-electron chi connectivity index (χ4n) is 1.73. The largest absolute Gasteiger partial charge is 0.478 e. The summed E-state index contributed by atoms with van der Waals surface area (Å²) in [5.41, 5.74) is 3.57. The predicted molar refractivity (Wildman–Crippen MR) is 89.1 cm³/mol. The summed E-state index contributed by atoms with van der Waals surface area (Å²) >= 11 is 0. The van der Waals surface area contributed by atoms with Crippen molar-refractivity contribution in [2.45, 2.75) is 12.8 Å². The van der Waals surface area contributed by atoms with Crippen molar-refractivity contribution in [3.63, 3.8) is 0 Å². The van der Waals surface area contributed by atoms with Crippen molar-refractivity contribution in [3.8, 4) is 0 Å². The number of rotatable bonds is 3. The van der Waals surface area contributed by atoms with Crippen molar-refractivity contribution in [2.75, 3.05) is 13.1 Å². The van der Waals surface area contributed by atoms with Crippen LogP contribution in [0.25, 0.3) is 0 Å². The summed E-state index contributed by atoms with van der Waals surface area (Å²) in [4.78, 5) is 15.3. The Morgan fingerprint density at radius 1 is 1.40 bits per heavy atom. The van der Waals surface area contributed by atoms with Crippen LogP contribution in [0.1, 0.15) is 28.8 Å². The number of guanidine groups is 1. The highest BCUT2D eigenvalue weighted by molar-refractivity contribution is 14.0. The van der Waals surface area contributed by atoms with Crippen molar-refractivity contribution in [3.05, 3.63) is 35.4 Å². The fourth-order valence-corrected chi connectivity index (χ4v) is 1.73. The lowest BCUT2D eigenvalue weighted by Crippen LogP contribution is -2.33. The van der Waals surface area contributed by atoms with Gasteiger partial charge in [0, 0.05) is 18.7 Å². The molecule has 1 heterocycles. The van der Waals surface area contributed by atoms with Crippen LogP contribution in [0.2, 0.25) is 0 Å². The molecule has 0 radical (unpaired) electrons. The molecule has 0 aliphatic carbocycles. The van der Waals surface area contributed by atoms with Gasteiger partial charge in [0.2, 0.25) is 5.96 Å². The highest BCUT2D eigenvalue weighted by atomic mass is 127. The van der Waals surface area contributed by atoms with Gasteiger partial charge in [-0.15, -0.1) is 24.0 Å². The molecule has 0 bridgehead atoms. The molecule has 0 fully saturated rings. The van der Waals surface area contributed by atoms with Gasteiger partial charge in [-0.2, -0.15) is 5.10 Å². The normalized spacial score (nSPS) is 14.7. The van der Waals surface area contributed by atoms with Crippen LogP contribution in [0.15, 0.2) is 34.4 Å². The van der Waals surface area contributed by atoms with Crippen LogP contribution in [-0.2, 0) is 0 Å². The van der Waals surface area contributed by atoms with E-state index in [0.717, 1.165) is 25.9 Å². The Morgan fingerprint density at radius 2 is 2.20 bits per heavy atom. The number of carboxylic acid groups (broad SMARTS) is 1. The summed E-state index contributed by atoms with van der Waals surface area (Å²) < 4.78 is 0. The van der Waals surface area contributed by atoms with Gasteiger partial charge in [0.15, 0.2) is 0 Å². The van der Waals surface area contributed by atoms with E-state index < -0.39 is 5.97 Å². The van der Waals surface area contributed by atoms with Crippen LogP contribution in [0.3, 0.4) is 0 Å². The van der Waals surface area contributed by atoms with E-state index in [-0.39, 0.29) is 29.5 Å². The van der Waals surface area contributed by atoms with Gasteiger partial charge in [0.1, 0.15) is 0 Å². The van der Waals surface area contributed by atoms with Crippen molar-refractivity contribution in [2.24, 2.45) is 10.1 Å². The van der Waals surface area contributed by atoms with Gasteiger partial charge in [-0.25, -0.2) is 10.2 Å². The number of aliphatic imine (C=N–C) groups is 1. The second-order valence-electron chi connectivity index (χ2n) is 4.13. The molecule has 0 saturated heterocycles. The summed E-state index contributed by atoms with van der Waals surface area (Å²) in [6.45, 7) is 1.64. The quantitative estimate of drug-likeness (QED) is 0.418. The molecule has 0 amide bonds. The molecule has 3 N–H and O–H groups in total. The first-order chi connectivity index (χ1) is 9.27. The van der Waals surface area contributed by atoms with Gasteiger partial charge in [-0.05, 0) is 18.9 Å². The van der Waals surface area contributed by atoms with Crippen LogP contribution in [-0.4, -0.2) is 36.3 Å². The summed E-state index contributed by atoms with van der Waals surface area (Å²) in [6.07, 6.45) is 3.63. The first kappa shape index (κ1) is 16.4. The van der Waals surface area contributed by atoms with Crippen molar-refractivity contribution in [1.82, 2.24) is 10.7 Å². The zero-order chi connectivity index (χ0) is 13.5. The molecule has 0 aromatic heterocycles. The summed E-state index contributed by atoms with van der Waals surface area (Å²) in [6, 6.07) is 6.71. The average Bonchev–Trinajstić information content (AvgIpc) is 2.68. The molecule has 2 rings (SSSR count). The Labute approximate surface area is 134 Å². The number of nitrogens with one attached hydrogen (secondary N) is 2. The minimum Gasteiger partial charge on any atom is -0.478 e. The fraction of sp³-hybridized carbons (Fsp3) is 0.308. The number of hydrogen-bond acceptors (Lipinski definition) is 5. The van der Waals surface area contributed by atoms with E-state index in [0.29, 0.717) is 11.5 Å². The van der Waals surface area contributed by atoms with Crippen molar-refractivity contribution < 1.29 is 9.90 Å². The minimum atomic E-state index is -0.966. The Morgan fingerprint density at radius 3 is 3.00 bits per heavy atom. The van der Waals surface area contributed by atoms with Crippen LogP contribution < -0.4 is 10.7 Å². The predicted octanol–water partition coefficient (Wildman–Crippen LogP) is 1.67. The van der Waals surface area contributed by atoms with E-state index in [1.54, 1.807) is 24.3 Å². The van der Waals surface area contributed by atoms with Gasteiger partial charge >= 0.3 is 5.97 Å². The Balaban J connectivity index is 0.00000200. The van der Waals surface area contributed by atoms with E-state index in [1.165, 1.54) is 6.21 Å². The first-order valence-electron chi connectivity index (χ1n) is 6.17. The lowest BCUT2D eigenvalue weighted by Gasteiger charge is -2.05. The molecular formula is C13H17IN4O2. The zero-order valence-electron chi connectivity index (χ0n) is 10.9. The minimum absolute atomic E-state index is 0. The van der Waals surface area contributed by atoms with Gasteiger partial charge < -0.3 is 10.4 Å². The molecule has 6 nitrogen and oxygen atoms in total. The molecule has 1 aliphatic rings. The number of benzene rings is 1. The monoisotopic (exact) mass is 388 g/mol. The first-order valence-corrected chi connectivity index (χ1v) is 6.17. The molecule has 20 heavy (non-hydrogen) atoms. The molecular weight excluding hydrogens is 371 g/mol. The maximum absolute atomic E-state index is 11.0. The lowest BCUT2D eigenvalue weighted by atomic mass is 10.1. The van der Waals surface area contributed by atoms with E-state index in [4.69, 9.17) is 5.11 Å². The van der Waals surface area contributed by atoms with E-state index in [1.807, 2.05) is 0 Å². The lowest BCUT2D eigenvalue weighted by molar-refractivity contribution is 0.0697. The molecule has 0 saturated carbocycles. The van der Waals surface area contributed by atoms with Crippen LogP contribution >= 0.6 is 24.0 Å². The second-order valence-corrected chi connectivity index (χ2v) is 4.13. The third kappa shape index (κ3) is 4.80. The summed E-state index contributed by atoms with van der Waals surface area (Å²) in [7, 11) is 0. The number of carboxylic acids is 1. The second kappa shape index (κ2) is 8.51. The van der Waals surface area contributed by atoms with Gasteiger partial charge in [-0.1, -0.05) is 18.2 Å². The highest BCUT2D eigenvalue weighted by Gasteiger charge is 2.06. The molecule has 7 heteroatoms. The van der Waals surface area contributed by atoms with E-state index in [2.05, 4.69) is 20.8 Å². The Kier molecular flexibility index (Phi) is 6.99. The number of nitrogens with zero attached hydrogens (tertiary/aromatic N) is 2. The Bertz CT molecular complexity index is 517. The third-order valence-corrected chi connectivity index (χ3v) is 2.71. The summed E-state index contributed by atoms with van der Waals surface area (Å²) in [5.74, 6) is -0.339. The van der Waals surface area contributed by atoms with Gasteiger partial charge in [0.05, 0.1) is 11.8 Å². The number of halogens is 1. The van der Waals surface area contributed by atoms with Crippen LogP contribution in [0.5, 0.6) is 0 Å². The van der Waals surface area contributed by atoms with Crippen LogP contribution in [0.4, 0.5) is 0 Å². The van der Waals surface area contributed by atoms with E-state index >= 15 is 0 Å². The van der Waals surface area contributed by atoms with Crippen LogP contribution in [0, 0.1) is 0 Å². The standard InChI is InChI=1S/C13H16N4O2.HI/c18-12(19)11-6-2-1-5-10(11)9-16-17-13-14-7-3-4-8-15-13;/h1-2,5-6,9H,3-4,7-8H2,(H,18,19)(H2,14,15,17);1H. The Hall–Kier alpha value is -1.64. The smallest absolute Gasteiger partial charge is 0.336 e. The van der Waals surface area contributed by atoms with E-state index in [9.17, 15) is 4.79 Å². The molecule has 0 spiro atoms. The molecule has 0 atom stereocenters. The maximum Gasteiger partial charge on any atom is 0.336 e. The number of carbonyl (C=O) groups is 1. The topological polar surface area (TPSA) is 86.1 Å². The molecule has 1 aliphatic heterocycles. The zero-order valence-corrected chi connectivity index (χ0v) is 13.2. The number of hydrazone groups is 1.